The summed E-state index contributed by atoms with van der Waals surface area (Å²) in [5.41, 5.74) is 3.46. The lowest BCUT2D eigenvalue weighted by atomic mass is 9.93. The molecule has 0 unspecified atom stereocenters. The number of aromatic nitrogens is 3. The Morgan fingerprint density at radius 2 is 1.78 bits per heavy atom. The number of piperidine rings is 1. The van der Waals surface area contributed by atoms with E-state index in [9.17, 15) is 4.79 Å². The van der Waals surface area contributed by atoms with Crippen molar-refractivity contribution in [1.82, 2.24) is 19.9 Å². The molecule has 2 aliphatic rings. The summed E-state index contributed by atoms with van der Waals surface area (Å²) in [5, 5.41) is 3.17. The molecule has 7 heteroatoms. The van der Waals surface area contributed by atoms with Gasteiger partial charge >= 0.3 is 0 Å². The standard InChI is InChI=1S/C25H28N6O/c32-24(31-15-4-7-20-6-1-2-9-22(20)31)18-30-16-11-19(12-17-30)21-8-3-10-23(28-21)29-25-26-13-5-14-27-25/h1-3,5-6,8-10,13-14,19H,4,7,11-12,15-18H2,(H,26,27,28,29). The minimum atomic E-state index is 0.211. The number of amides is 1. The Kier molecular flexibility index (Phi) is 6.07. The second-order valence-corrected chi connectivity index (χ2v) is 8.47. The van der Waals surface area contributed by atoms with Crippen LogP contribution >= 0.6 is 0 Å². The molecule has 5 rings (SSSR count). The number of carbonyl (C=O) groups is 1. The normalized spacial score (nSPS) is 17.1. The van der Waals surface area contributed by atoms with Gasteiger partial charge in [-0.1, -0.05) is 24.3 Å². The van der Waals surface area contributed by atoms with Crippen LogP contribution in [0.2, 0.25) is 0 Å². The van der Waals surface area contributed by atoms with Crippen molar-refractivity contribution in [2.75, 3.05) is 36.4 Å². The average Bonchev–Trinajstić information content (AvgIpc) is 2.85. The molecule has 1 amide bonds. The van der Waals surface area contributed by atoms with Crippen molar-refractivity contribution in [3.8, 4) is 0 Å². The predicted molar refractivity (Wildman–Crippen MR) is 125 cm³/mol. The molecule has 0 radical (unpaired) electrons. The van der Waals surface area contributed by atoms with E-state index in [1.807, 2.05) is 23.1 Å². The highest BCUT2D eigenvalue weighted by molar-refractivity contribution is 5.95. The van der Waals surface area contributed by atoms with E-state index in [2.05, 4.69) is 44.5 Å². The molecule has 3 aromatic rings. The van der Waals surface area contributed by atoms with Gasteiger partial charge in [-0.15, -0.1) is 0 Å². The SMILES string of the molecule is O=C(CN1CCC(c2cccc(Nc3ncccn3)n2)CC1)N1CCCc2ccccc21. The van der Waals surface area contributed by atoms with Crippen molar-refractivity contribution in [2.24, 2.45) is 0 Å². The van der Waals surface area contributed by atoms with Crippen molar-refractivity contribution in [1.29, 1.82) is 0 Å². The summed E-state index contributed by atoms with van der Waals surface area (Å²) in [6, 6.07) is 16.1. The summed E-state index contributed by atoms with van der Waals surface area (Å²) in [6.07, 6.45) is 7.51. The third-order valence-corrected chi connectivity index (χ3v) is 6.35. The van der Waals surface area contributed by atoms with E-state index in [4.69, 9.17) is 4.98 Å². The van der Waals surface area contributed by atoms with Crippen molar-refractivity contribution >= 4 is 23.4 Å². The van der Waals surface area contributed by atoms with Crippen LogP contribution in [0.4, 0.5) is 17.5 Å². The molecule has 0 saturated carbocycles. The molecular formula is C25H28N6O. The Bertz CT molecular complexity index is 1060. The maximum absolute atomic E-state index is 13.1. The van der Waals surface area contributed by atoms with Gasteiger partial charge < -0.3 is 10.2 Å². The molecule has 1 saturated heterocycles. The van der Waals surface area contributed by atoms with Crippen molar-refractivity contribution in [3.63, 3.8) is 0 Å². The number of hydrogen-bond acceptors (Lipinski definition) is 6. The molecule has 0 aliphatic carbocycles. The van der Waals surface area contributed by atoms with Crippen molar-refractivity contribution in [3.05, 3.63) is 72.2 Å². The van der Waals surface area contributed by atoms with Crippen LogP contribution < -0.4 is 10.2 Å². The Morgan fingerprint density at radius 1 is 0.969 bits per heavy atom. The van der Waals surface area contributed by atoms with E-state index in [-0.39, 0.29) is 5.91 Å². The molecule has 2 aromatic heterocycles. The Hall–Kier alpha value is -3.32. The first-order valence-corrected chi connectivity index (χ1v) is 11.4. The van der Waals surface area contributed by atoms with Gasteiger partial charge in [-0.25, -0.2) is 15.0 Å². The van der Waals surface area contributed by atoms with E-state index in [0.717, 1.165) is 62.5 Å². The number of hydrogen-bond donors (Lipinski definition) is 1. The van der Waals surface area contributed by atoms with Crippen molar-refractivity contribution in [2.45, 2.75) is 31.6 Å². The van der Waals surface area contributed by atoms with E-state index in [0.29, 0.717) is 18.4 Å². The lowest BCUT2D eigenvalue weighted by molar-refractivity contribution is -0.120. The van der Waals surface area contributed by atoms with Gasteiger partial charge in [0.05, 0.1) is 6.54 Å². The second kappa shape index (κ2) is 9.44. The fraction of sp³-hybridized carbons (Fsp3) is 0.360. The zero-order valence-electron chi connectivity index (χ0n) is 18.2. The molecule has 1 aromatic carbocycles. The maximum atomic E-state index is 13.1. The molecule has 0 spiro atoms. The van der Waals surface area contributed by atoms with Gasteiger partial charge in [-0.2, -0.15) is 0 Å². The number of para-hydroxylation sites is 1. The molecule has 4 heterocycles. The first-order chi connectivity index (χ1) is 15.8. The summed E-state index contributed by atoms with van der Waals surface area (Å²) in [6.45, 7) is 3.13. The Labute approximate surface area is 188 Å². The van der Waals surface area contributed by atoms with Gasteiger partial charge in [0, 0.05) is 36.2 Å². The highest BCUT2D eigenvalue weighted by atomic mass is 16.2. The van der Waals surface area contributed by atoms with Crippen LogP contribution in [0.25, 0.3) is 0 Å². The highest BCUT2D eigenvalue weighted by Crippen LogP contribution is 2.29. The molecule has 2 aliphatic heterocycles. The van der Waals surface area contributed by atoms with Crippen LogP contribution in [0.5, 0.6) is 0 Å². The lowest BCUT2D eigenvalue weighted by Crippen LogP contribution is -2.45. The molecule has 0 atom stereocenters. The maximum Gasteiger partial charge on any atom is 0.241 e. The molecule has 1 fully saturated rings. The summed E-state index contributed by atoms with van der Waals surface area (Å²) in [4.78, 5) is 30.5. The summed E-state index contributed by atoms with van der Waals surface area (Å²) in [5.74, 6) is 1.91. The number of pyridine rings is 1. The molecule has 1 N–H and O–H groups in total. The fourth-order valence-corrected chi connectivity index (χ4v) is 4.68. The predicted octanol–water partition coefficient (Wildman–Crippen LogP) is 3.77. The Morgan fingerprint density at radius 3 is 2.62 bits per heavy atom. The monoisotopic (exact) mass is 428 g/mol. The van der Waals surface area contributed by atoms with E-state index in [1.165, 1.54) is 5.56 Å². The summed E-state index contributed by atoms with van der Waals surface area (Å²) < 4.78 is 0. The third-order valence-electron chi connectivity index (χ3n) is 6.35. The topological polar surface area (TPSA) is 74.2 Å². The second-order valence-electron chi connectivity index (χ2n) is 8.47. The Balaban J connectivity index is 1.17. The largest absolute Gasteiger partial charge is 0.311 e. The highest BCUT2D eigenvalue weighted by Gasteiger charge is 2.27. The van der Waals surface area contributed by atoms with Gasteiger partial charge in [-0.05, 0) is 68.6 Å². The van der Waals surface area contributed by atoms with E-state index >= 15 is 0 Å². The third kappa shape index (κ3) is 4.62. The first kappa shape index (κ1) is 20.6. The van der Waals surface area contributed by atoms with Gasteiger partial charge in [0.2, 0.25) is 11.9 Å². The van der Waals surface area contributed by atoms with E-state index < -0.39 is 0 Å². The number of nitrogens with one attached hydrogen (secondary N) is 1. The average molecular weight is 429 g/mol. The van der Waals surface area contributed by atoms with Crippen LogP contribution in [0.1, 0.15) is 36.4 Å². The van der Waals surface area contributed by atoms with Gasteiger partial charge in [0.25, 0.3) is 0 Å². The minimum absolute atomic E-state index is 0.211. The molecular weight excluding hydrogens is 400 g/mol. The zero-order chi connectivity index (χ0) is 21.8. The van der Waals surface area contributed by atoms with Crippen LogP contribution in [0, 0.1) is 0 Å². The number of rotatable bonds is 5. The molecule has 0 bridgehead atoms. The van der Waals surface area contributed by atoms with Gasteiger partial charge in [0.1, 0.15) is 5.82 Å². The van der Waals surface area contributed by atoms with Gasteiger partial charge in [0.15, 0.2) is 0 Å². The van der Waals surface area contributed by atoms with E-state index in [1.54, 1.807) is 18.5 Å². The number of aryl methyl sites for hydroxylation is 1. The summed E-state index contributed by atoms with van der Waals surface area (Å²) >= 11 is 0. The molecule has 7 nitrogen and oxygen atoms in total. The summed E-state index contributed by atoms with van der Waals surface area (Å²) in [7, 11) is 0. The number of carbonyl (C=O) groups excluding carboxylic acids is 1. The van der Waals surface area contributed by atoms with Crippen LogP contribution in [0.3, 0.4) is 0 Å². The number of likely N-dealkylation sites (tertiary alicyclic amines) is 1. The number of nitrogens with zero attached hydrogens (tertiary/aromatic N) is 5. The quantitative estimate of drug-likeness (QED) is 0.667. The van der Waals surface area contributed by atoms with Crippen LogP contribution in [-0.4, -0.2) is 51.9 Å². The smallest absolute Gasteiger partial charge is 0.241 e. The minimum Gasteiger partial charge on any atom is -0.311 e. The first-order valence-electron chi connectivity index (χ1n) is 11.4. The number of benzene rings is 1. The van der Waals surface area contributed by atoms with Crippen LogP contribution in [-0.2, 0) is 11.2 Å². The number of fused-ring (bicyclic) bond motifs is 1. The molecule has 32 heavy (non-hydrogen) atoms. The van der Waals surface area contributed by atoms with Crippen LogP contribution in [0.15, 0.2) is 60.9 Å². The fourth-order valence-electron chi connectivity index (χ4n) is 4.68. The zero-order valence-corrected chi connectivity index (χ0v) is 18.2. The lowest BCUT2D eigenvalue weighted by Gasteiger charge is -2.34. The number of anilines is 3. The van der Waals surface area contributed by atoms with Crippen molar-refractivity contribution < 1.29 is 4.79 Å². The molecule has 164 valence electrons. The van der Waals surface area contributed by atoms with Gasteiger partial charge in [-0.3, -0.25) is 9.69 Å².